The van der Waals surface area contributed by atoms with Crippen LogP contribution in [0.1, 0.15) is 66.4 Å². The van der Waals surface area contributed by atoms with E-state index < -0.39 is 23.5 Å². The summed E-state index contributed by atoms with van der Waals surface area (Å²) in [5.41, 5.74) is -1.47. The number of rotatable bonds is 4. The molecule has 4 heterocycles. The summed E-state index contributed by atoms with van der Waals surface area (Å²) in [4.78, 5) is 36.2. The first-order valence-electron chi connectivity index (χ1n) is 10.4. The fourth-order valence-corrected chi connectivity index (χ4v) is 4.05. The van der Waals surface area contributed by atoms with Crippen LogP contribution in [0.3, 0.4) is 0 Å². The minimum absolute atomic E-state index is 0.00445. The number of aromatic amines is 1. The Balaban J connectivity index is 1.57. The van der Waals surface area contributed by atoms with Crippen LogP contribution in [0.4, 0.5) is 13.2 Å². The Kier molecular flexibility index (Phi) is 5.07. The van der Waals surface area contributed by atoms with Crippen molar-refractivity contribution in [3.63, 3.8) is 0 Å². The van der Waals surface area contributed by atoms with Crippen LogP contribution in [-0.2, 0) is 6.18 Å². The molecule has 1 N–H and O–H groups in total. The van der Waals surface area contributed by atoms with Gasteiger partial charge in [0.15, 0.2) is 17.0 Å². The van der Waals surface area contributed by atoms with Gasteiger partial charge in [0.05, 0.1) is 24.1 Å². The zero-order chi connectivity index (χ0) is 24.0. The van der Waals surface area contributed by atoms with Gasteiger partial charge in [-0.3, -0.25) is 9.78 Å². The Hall–Kier alpha value is -4.21. The van der Waals surface area contributed by atoms with Gasteiger partial charge in [0, 0.05) is 24.2 Å². The van der Waals surface area contributed by atoms with Crippen LogP contribution in [0.2, 0.25) is 0 Å². The summed E-state index contributed by atoms with van der Waals surface area (Å²) >= 11 is 0. The SMILES string of the molecule is C[C@@H](c1cnc(C(F)(F)F)cn1)n1nc(C#N)c2c(=O)[nH]c([C@H]3CC[C@@H]3c3ncccn3)nc21. The molecule has 172 valence electrons. The van der Waals surface area contributed by atoms with Crippen molar-refractivity contribution in [2.45, 2.75) is 43.8 Å². The molecular formula is C21H16F3N9O. The smallest absolute Gasteiger partial charge is 0.310 e. The number of nitriles is 1. The first kappa shape index (κ1) is 21.6. The molecule has 0 radical (unpaired) electrons. The Morgan fingerprint density at radius 1 is 1.15 bits per heavy atom. The second-order valence-corrected chi connectivity index (χ2v) is 7.95. The summed E-state index contributed by atoms with van der Waals surface area (Å²) < 4.78 is 39.9. The number of H-pyrrole nitrogens is 1. The van der Waals surface area contributed by atoms with E-state index in [1.165, 1.54) is 4.68 Å². The second-order valence-electron chi connectivity index (χ2n) is 7.95. The van der Waals surface area contributed by atoms with E-state index in [9.17, 15) is 23.2 Å². The van der Waals surface area contributed by atoms with Gasteiger partial charge in [-0.05, 0) is 25.8 Å². The highest BCUT2D eigenvalue weighted by Gasteiger charge is 2.38. The highest BCUT2D eigenvalue weighted by Crippen LogP contribution is 2.46. The maximum Gasteiger partial charge on any atom is 0.434 e. The molecule has 5 rings (SSSR count). The summed E-state index contributed by atoms with van der Waals surface area (Å²) in [7, 11) is 0. The summed E-state index contributed by atoms with van der Waals surface area (Å²) in [6.07, 6.45) is 1.90. The van der Waals surface area contributed by atoms with Crippen LogP contribution in [0, 0.1) is 11.3 Å². The van der Waals surface area contributed by atoms with Crippen molar-refractivity contribution in [3.8, 4) is 6.07 Å². The van der Waals surface area contributed by atoms with Crippen molar-refractivity contribution in [1.29, 1.82) is 5.26 Å². The molecule has 4 aromatic heterocycles. The largest absolute Gasteiger partial charge is 0.434 e. The Morgan fingerprint density at radius 3 is 2.47 bits per heavy atom. The van der Waals surface area contributed by atoms with Crippen molar-refractivity contribution in [2.75, 3.05) is 0 Å². The molecule has 1 aliphatic rings. The van der Waals surface area contributed by atoms with E-state index >= 15 is 0 Å². The van der Waals surface area contributed by atoms with Gasteiger partial charge in [0.1, 0.15) is 23.1 Å². The molecule has 34 heavy (non-hydrogen) atoms. The number of nitrogens with one attached hydrogen (secondary N) is 1. The van der Waals surface area contributed by atoms with Crippen molar-refractivity contribution < 1.29 is 13.2 Å². The van der Waals surface area contributed by atoms with Crippen LogP contribution in [0.5, 0.6) is 0 Å². The summed E-state index contributed by atoms with van der Waals surface area (Å²) in [5.74, 6) is 0.917. The van der Waals surface area contributed by atoms with Crippen LogP contribution in [0.25, 0.3) is 11.0 Å². The summed E-state index contributed by atoms with van der Waals surface area (Å²) in [5, 5.41) is 13.7. The van der Waals surface area contributed by atoms with E-state index in [4.69, 9.17) is 0 Å². The number of hydrogen-bond donors (Lipinski definition) is 1. The minimum atomic E-state index is -4.62. The first-order valence-corrected chi connectivity index (χ1v) is 10.4. The monoisotopic (exact) mass is 467 g/mol. The van der Waals surface area contributed by atoms with Crippen molar-refractivity contribution in [3.05, 3.63) is 69.9 Å². The fourth-order valence-electron chi connectivity index (χ4n) is 4.05. The predicted molar refractivity (Wildman–Crippen MR) is 110 cm³/mol. The molecule has 1 saturated carbocycles. The third-order valence-corrected chi connectivity index (χ3v) is 5.99. The lowest BCUT2D eigenvalue weighted by molar-refractivity contribution is -0.141. The van der Waals surface area contributed by atoms with Gasteiger partial charge in [0.25, 0.3) is 5.56 Å². The average molecular weight is 467 g/mol. The zero-order valence-corrected chi connectivity index (χ0v) is 17.7. The number of aromatic nitrogens is 8. The van der Waals surface area contributed by atoms with E-state index in [0.717, 1.165) is 19.0 Å². The van der Waals surface area contributed by atoms with E-state index in [-0.39, 0.29) is 34.3 Å². The van der Waals surface area contributed by atoms with Crippen molar-refractivity contribution in [1.82, 2.24) is 39.7 Å². The highest BCUT2D eigenvalue weighted by molar-refractivity contribution is 5.80. The van der Waals surface area contributed by atoms with Crippen molar-refractivity contribution in [2.24, 2.45) is 0 Å². The van der Waals surface area contributed by atoms with Gasteiger partial charge in [-0.25, -0.2) is 24.6 Å². The van der Waals surface area contributed by atoms with Gasteiger partial charge >= 0.3 is 6.18 Å². The number of alkyl halides is 3. The van der Waals surface area contributed by atoms with E-state index in [2.05, 4.69) is 35.0 Å². The molecule has 0 aromatic carbocycles. The molecule has 0 aliphatic heterocycles. The number of halogens is 3. The molecule has 0 unspecified atom stereocenters. The van der Waals surface area contributed by atoms with E-state index in [0.29, 0.717) is 17.8 Å². The Bertz CT molecular complexity index is 1460. The maximum atomic E-state index is 12.9. The molecule has 0 saturated heterocycles. The number of hydrogen-bond acceptors (Lipinski definition) is 8. The van der Waals surface area contributed by atoms with Crippen LogP contribution < -0.4 is 5.56 Å². The van der Waals surface area contributed by atoms with Gasteiger partial charge in [-0.15, -0.1) is 0 Å². The Morgan fingerprint density at radius 2 is 1.88 bits per heavy atom. The Labute approximate surface area is 189 Å². The number of fused-ring (bicyclic) bond motifs is 1. The highest BCUT2D eigenvalue weighted by atomic mass is 19.4. The molecule has 4 aromatic rings. The van der Waals surface area contributed by atoms with E-state index in [1.807, 2.05) is 6.07 Å². The normalized spacial score (nSPS) is 18.9. The standard InChI is InChI=1S/C21H16F3N9O/c1-10(14-8-29-15(9-28-14)21(22,23)24)33-19-16(13(7-25)32-33)20(34)31-18(30-19)12-4-3-11(12)17-26-5-2-6-27-17/h2,5-6,8-12H,3-4H2,1H3,(H,30,31,34)/t10-,11-,12-/m0/s1. The fraction of sp³-hybridized carbons (Fsp3) is 0.333. The molecule has 3 atom stereocenters. The molecule has 13 heteroatoms. The molecule has 0 amide bonds. The van der Waals surface area contributed by atoms with Crippen LogP contribution >= 0.6 is 0 Å². The molecular weight excluding hydrogens is 451 g/mol. The molecule has 0 bridgehead atoms. The molecule has 1 aliphatic carbocycles. The summed E-state index contributed by atoms with van der Waals surface area (Å²) in [6, 6.07) is 2.86. The zero-order valence-electron chi connectivity index (χ0n) is 17.7. The summed E-state index contributed by atoms with van der Waals surface area (Å²) in [6.45, 7) is 1.62. The topological polar surface area (TPSA) is 139 Å². The quantitative estimate of drug-likeness (QED) is 0.483. The molecule has 10 nitrogen and oxygen atoms in total. The van der Waals surface area contributed by atoms with E-state index in [1.54, 1.807) is 25.4 Å². The van der Waals surface area contributed by atoms with Crippen molar-refractivity contribution >= 4 is 11.0 Å². The first-order chi connectivity index (χ1) is 16.3. The lowest BCUT2D eigenvalue weighted by Gasteiger charge is -2.34. The molecule has 1 fully saturated rings. The second kappa shape index (κ2) is 7.98. The average Bonchev–Trinajstić information content (AvgIpc) is 3.17. The maximum absolute atomic E-state index is 12.9. The third kappa shape index (κ3) is 3.57. The molecule has 0 spiro atoms. The predicted octanol–water partition coefficient (Wildman–Crippen LogP) is 2.86. The number of nitrogens with zero attached hydrogens (tertiary/aromatic N) is 8. The van der Waals surface area contributed by atoms with Crippen LogP contribution in [-0.4, -0.2) is 39.7 Å². The lowest BCUT2D eigenvalue weighted by Crippen LogP contribution is -2.28. The van der Waals surface area contributed by atoms with Gasteiger partial charge in [-0.2, -0.15) is 23.5 Å². The van der Waals surface area contributed by atoms with Gasteiger partial charge < -0.3 is 4.98 Å². The van der Waals surface area contributed by atoms with Gasteiger partial charge in [0.2, 0.25) is 0 Å². The lowest BCUT2D eigenvalue weighted by atomic mass is 9.72. The third-order valence-electron chi connectivity index (χ3n) is 5.99. The van der Waals surface area contributed by atoms with Crippen LogP contribution in [0.15, 0.2) is 35.6 Å². The van der Waals surface area contributed by atoms with Gasteiger partial charge in [-0.1, -0.05) is 0 Å². The minimum Gasteiger partial charge on any atom is -0.310 e.